The average Bonchev–Trinajstić information content (AvgIpc) is 3.27. The first-order valence-corrected chi connectivity index (χ1v) is 14.4. The molecule has 0 unspecified atom stereocenters. The van der Waals surface area contributed by atoms with Crippen molar-refractivity contribution < 1.29 is 27.5 Å². The Labute approximate surface area is 252 Å². The molecule has 0 N–H and O–H groups in total. The van der Waals surface area contributed by atoms with Gasteiger partial charge in [-0.2, -0.15) is 0 Å². The number of aromatic nitrogens is 2. The number of hydrogen-bond donors (Lipinski definition) is 0. The summed E-state index contributed by atoms with van der Waals surface area (Å²) < 4.78 is 47.6. The van der Waals surface area contributed by atoms with E-state index >= 15 is 0 Å². The van der Waals surface area contributed by atoms with Crippen LogP contribution >= 0.6 is 11.6 Å². The van der Waals surface area contributed by atoms with E-state index in [2.05, 4.69) is 9.88 Å². The Balaban J connectivity index is 1.24. The lowest BCUT2D eigenvalue weighted by atomic mass is 9.65. The summed E-state index contributed by atoms with van der Waals surface area (Å²) in [6.45, 7) is 5.55. The predicted molar refractivity (Wildman–Crippen MR) is 156 cm³/mol. The van der Waals surface area contributed by atoms with Gasteiger partial charge >= 0.3 is 5.97 Å². The molecule has 226 valence electrons. The number of rotatable bonds is 5. The van der Waals surface area contributed by atoms with Gasteiger partial charge in [-0.15, -0.1) is 0 Å². The number of benzene rings is 1. The van der Waals surface area contributed by atoms with Gasteiger partial charge in [0.2, 0.25) is 5.92 Å². The molecule has 3 aliphatic rings. The van der Waals surface area contributed by atoms with Crippen molar-refractivity contribution in [3.05, 3.63) is 76.5 Å². The molecule has 12 heteroatoms. The third-order valence-electron chi connectivity index (χ3n) is 8.61. The van der Waals surface area contributed by atoms with Crippen LogP contribution in [-0.2, 0) is 21.4 Å². The molecular weight excluding hydrogens is 583 g/mol. The van der Waals surface area contributed by atoms with E-state index in [0.717, 1.165) is 11.4 Å². The number of alkyl halides is 2. The second kappa shape index (κ2) is 10.4. The molecule has 6 rings (SSSR count). The minimum absolute atomic E-state index is 0.0267. The molecule has 1 aromatic carbocycles. The van der Waals surface area contributed by atoms with Crippen LogP contribution in [0.4, 0.5) is 30.4 Å². The summed E-state index contributed by atoms with van der Waals surface area (Å²) in [4.78, 5) is 40.3. The standard InChI is InChI=1S/C31H31ClF3N5O3/c1-29(2)17-38(25-9-4-19(14-36-25)12-26(41)43-3)10-11-40(29)28(42)23-7-8-24-27(37-23)30(15-31(34,35)16-30)18-39(24)20-5-6-21(32)22(33)13-20/h4-9,13-14H,10-12,15-18H2,1-3H3. The van der Waals surface area contributed by atoms with E-state index in [1.165, 1.54) is 19.2 Å². The Morgan fingerprint density at radius 3 is 2.44 bits per heavy atom. The fraction of sp³-hybridized carbons (Fsp3) is 0.419. The van der Waals surface area contributed by atoms with Gasteiger partial charge in [-0.05, 0) is 55.8 Å². The van der Waals surface area contributed by atoms with Gasteiger partial charge in [0.1, 0.15) is 17.3 Å². The fourth-order valence-electron chi connectivity index (χ4n) is 6.55. The van der Waals surface area contributed by atoms with Crippen molar-refractivity contribution in [1.82, 2.24) is 14.9 Å². The number of hydrogen-bond acceptors (Lipinski definition) is 7. The number of fused-ring (bicyclic) bond motifs is 2. The van der Waals surface area contributed by atoms with Crippen LogP contribution in [0.5, 0.6) is 0 Å². The van der Waals surface area contributed by atoms with Gasteiger partial charge < -0.3 is 19.4 Å². The number of amides is 1. The van der Waals surface area contributed by atoms with E-state index in [-0.39, 0.29) is 48.4 Å². The first-order valence-electron chi connectivity index (χ1n) is 14.0. The van der Waals surface area contributed by atoms with E-state index in [9.17, 15) is 22.8 Å². The normalized spacial score (nSPS) is 19.7. The van der Waals surface area contributed by atoms with Crippen molar-refractivity contribution in [2.45, 2.75) is 50.0 Å². The van der Waals surface area contributed by atoms with Gasteiger partial charge in [0, 0.05) is 56.3 Å². The van der Waals surface area contributed by atoms with Gasteiger partial charge in [0.25, 0.3) is 5.91 Å². The summed E-state index contributed by atoms with van der Waals surface area (Å²) in [5, 5.41) is -0.0267. The summed E-state index contributed by atoms with van der Waals surface area (Å²) in [6, 6.07) is 11.4. The Hall–Kier alpha value is -3.86. The quantitative estimate of drug-likeness (QED) is 0.350. The molecule has 2 aliphatic heterocycles. The molecule has 2 aromatic heterocycles. The van der Waals surface area contributed by atoms with Crippen LogP contribution in [0.3, 0.4) is 0 Å². The number of anilines is 3. The zero-order chi connectivity index (χ0) is 30.7. The SMILES string of the molecule is COC(=O)Cc1ccc(N2CCN(C(=O)c3ccc4c(n3)C3(CN4c4ccc(Cl)c(F)c4)CC(F)(F)C3)C(C)(C)C2)nc1. The number of pyridine rings is 2. The predicted octanol–water partition coefficient (Wildman–Crippen LogP) is 5.54. The van der Waals surface area contributed by atoms with Crippen LogP contribution in [-0.4, -0.2) is 71.5 Å². The smallest absolute Gasteiger partial charge is 0.310 e. The molecule has 2 fully saturated rings. The maximum absolute atomic E-state index is 14.3. The minimum Gasteiger partial charge on any atom is -0.469 e. The highest BCUT2D eigenvalue weighted by Crippen LogP contribution is 2.59. The molecule has 1 aliphatic carbocycles. The highest BCUT2D eigenvalue weighted by molar-refractivity contribution is 6.30. The molecule has 8 nitrogen and oxygen atoms in total. The van der Waals surface area contributed by atoms with Crippen molar-refractivity contribution in [3.8, 4) is 0 Å². The van der Waals surface area contributed by atoms with Crippen LogP contribution < -0.4 is 9.80 Å². The van der Waals surface area contributed by atoms with Gasteiger partial charge in [0.05, 0.1) is 35.5 Å². The van der Waals surface area contributed by atoms with E-state index in [1.807, 2.05) is 26.0 Å². The van der Waals surface area contributed by atoms with Gasteiger partial charge in [-0.3, -0.25) is 9.59 Å². The van der Waals surface area contributed by atoms with Crippen LogP contribution in [0.15, 0.2) is 48.7 Å². The number of piperazine rings is 1. The molecule has 0 atom stereocenters. The molecular formula is C31H31ClF3N5O3. The molecule has 1 amide bonds. The summed E-state index contributed by atoms with van der Waals surface area (Å²) in [5.74, 6) is -3.33. The van der Waals surface area contributed by atoms with Crippen LogP contribution in [0, 0.1) is 5.82 Å². The maximum atomic E-state index is 14.3. The Morgan fingerprint density at radius 2 is 1.81 bits per heavy atom. The largest absolute Gasteiger partial charge is 0.469 e. The van der Waals surface area contributed by atoms with Gasteiger partial charge in [-0.25, -0.2) is 23.1 Å². The first-order chi connectivity index (χ1) is 20.3. The lowest BCUT2D eigenvalue weighted by Crippen LogP contribution is -2.61. The molecule has 43 heavy (non-hydrogen) atoms. The number of methoxy groups -OCH3 is 1. The van der Waals surface area contributed by atoms with Crippen molar-refractivity contribution in [2.75, 3.05) is 43.1 Å². The van der Waals surface area contributed by atoms with Crippen LogP contribution in [0.1, 0.15) is 48.4 Å². The van der Waals surface area contributed by atoms with Crippen molar-refractivity contribution in [1.29, 1.82) is 0 Å². The van der Waals surface area contributed by atoms with Gasteiger partial charge in [0.15, 0.2) is 0 Å². The first kappa shape index (κ1) is 29.2. The number of carbonyl (C=O) groups excluding carboxylic acids is 2. The van der Waals surface area contributed by atoms with Gasteiger partial charge in [-0.1, -0.05) is 17.7 Å². The summed E-state index contributed by atoms with van der Waals surface area (Å²) in [5.41, 5.74) is 0.895. The summed E-state index contributed by atoms with van der Waals surface area (Å²) in [7, 11) is 1.34. The third kappa shape index (κ3) is 5.28. The van der Waals surface area contributed by atoms with Crippen LogP contribution in [0.25, 0.3) is 0 Å². The van der Waals surface area contributed by atoms with E-state index in [4.69, 9.17) is 21.3 Å². The highest BCUT2D eigenvalue weighted by Gasteiger charge is 2.62. The molecule has 1 spiro atoms. The number of ether oxygens (including phenoxy) is 1. The average molecular weight is 614 g/mol. The highest BCUT2D eigenvalue weighted by atomic mass is 35.5. The Kier molecular flexibility index (Phi) is 7.06. The van der Waals surface area contributed by atoms with Crippen molar-refractivity contribution >= 4 is 40.7 Å². The Bertz CT molecular complexity index is 1590. The lowest BCUT2D eigenvalue weighted by molar-refractivity contribution is -0.139. The number of carbonyl (C=O) groups is 2. The summed E-state index contributed by atoms with van der Waals surface area (Å²) in [6.07, 6.45) is 1.00. The maximum Gasteiger partial charge on any atom is 0.310 e. The Morgan fingerprint density at radius 1 is 1.05 bits per heavy atom. The molecule has 0 radical (unpaired) electrons. The fourth-order valence-corrected chi connectivity index (χ4v) is 6.67. The van der Waals surface area contributed by atoms with Crippen molar-refractivity contribution in [3.63, 3.8) is 0 Å². The minimum atomic E-state index is -2.83. The van der Waals surface area contributed by atoms with E-state index in [1.54, 1.807) is 34.2 Å². The molecule has 3 aromatic rings. The molecule has 4 heterocycles. The second-order valence-electron chi connectivity index (χ2n) is 12.2. The topological polar surface area (TPSA) is 78.9 Å². The zero-order valence-electron chi connectivity index (χ0n) is 24.0. The van der Waals surface area contributed by atoms with E-state index < -0.39 is 22.7 Å². The second-order valence-corrected chi connectivity index (χ2v) is 12.6. The molecule has 0 bridgehead atoms. The van der Waals surface area contributed by atoms with Crippen molar-refractivity contribution in [2.24, 2.45) is 0 Å². The van der Waals surface area contributed by atoms with E-state index in [0.29, 0.717) is 36.7 Å². The summed E-state index contributed by atoms with van der Waals surface area (Å²) >= 11 is 5.87. The third-order valence-corrected chi connectivity index (χ3v) is 8.92. The zero-order valence-corrected chi connectivity index (χ0v) is 24.8. The number of halogens is 4. The number of esters is 1. The molecule has 1 saturated heterocycles. The monoisotopic (exact) mass is 613 g/mol. The van der Waals surface area contributed by atoms with Crippen LogP contribution in [0.2, 0.25) is 5.02 Å². The lowest BCUT2D eigenvalue weighted by Gasteiger charge is -2.47. The number of nitrogens with zero attached hydrogens (tertiary/aromatic N) is 5. The molecule has 1 saturated carbocycles.